The van der Waals surface area contributed by atoms with Crippen LogP contribution in [0, 0.1) is 28.6 Å². The molecule has 3 saturated carbocycles. The fourth-order valence-electron chi connectivity index (χ4n) is 10.1. The number of ether oxygens (including phenoxy) is 1. The van der Waals surface area contributed by atoms with Crippen LogP contribution in [-0.4, -0.2) is 46.1 Å². The van der Waals surface area contributed by atoms with Gasteiger partial charge in [-0.3, -0.25) is 14.4 Å². The molecule has 0 radical (unpaired) electrons. The second kappa shape index (κ2) is 16.5. The summed E-state index contributed by atoms with van der Waals surface area (Å²) in [6.07, 6.45) is 24.9. The molecule has 0 bridgehead atoms. The van der Waals surface area contributed by atoms with Gasteiger partial charge in [-0.1, -0.05) is 116 Å². The van der Waals surface area contributed by atoms with Gasteiger partial charge in [-0.05, 0) is 74.2 Å². The largest absolute Gasteiger partial charge is 0.458 e. The first kappa shape index (κ1) is 36.3. The highest BCUT2D eigenvalue weighted by atomic mass is 16.5. The Morgan fingerprint density at radius 1 is 0.844 bits per heavy atom. The quantitative estimate of drug-likeness (QED) is 0.110. The van der Waals surface area contributed by atoms with E-state index in [1.54, 1.807) is 0 Å². The van der Waals surface area contributed by atoms with Crippen molar-refractivity contribution >= 4 is 17.5 Å². The first-order valence-corrected chi connectivity index (χ1v) is 18.9. The lowest BCUT2D eigenvalue weighted by atomic mass is 9.45. The molecule has 256 valence electrons. The van der Waals surface area contributed by atoms with Gasteiger partial charge in [-0.2, -0.15) is 0 Å². The average Bonchev–Trinajstić information content (AvgIpc) is 3.28. The molecular weight excluding hydrogens is 564 g/mol. The maximum atomic E-state index is 13.5. The van der Waals surface area contributed by atoms with Crippen molar-refractivity contribution in [3.63, 3.8) is 0 Å². The number of Topliss-reactive ketones (excluding diaryl/α,β-unsaturated/α-hetero) is 1. The van der Waals surface area contributed by atoms with Crippen molar-refractivity contribution in [2.45, 2.75) is 180 Å². The van der Waals surface area contributed by atoms with Gasteiger partial charge in [0.1, 0.15) is 5.60 Å². The monoisotopic (exact) mass is 628 g/mol. The minimum Gasteiger partial charge on any atom is -0.458 e. The van der Waals surface area contributed by atoms with Crippen LogP contribution >= 0.6 is 0 Å². The first-order valence-electron chi connectivity index (χ1n) is 18.9. The summed E-state index contributed by atoms with van der Waals surface area (Å²) in [4.78, 5) is 38.1. The third kappa shape index (κ3) is 8.31. The normalized spacial score (nSPS) is 34.1. The van der Waals surface area contributed by atoms with Crippen molar-refractivity contribution < 1.29 is 29.3 Å². The lowest BCUT2D eigenvalue weighted by Crippen LogP contribution is -2.62. The standard InChI is InChI=1S/C39H64O6/c1-4-5-6-7-8-9-10-11-12-13-14-15-16-17-18-19-35(43)45-28-34(42)39(44)25-23-32-31-21-20-29-26-30(40)22-24-37(29,2)36(31)33(41)27-38(32,39)3/h26,31-33,36,41,44H,4-25,27-28H2,1-3H3. The Kier molecular flexibility index (Phi) is 13.3. The van der Waals surface area contributed by atoms with Gasteiger partial charge in [0.05, 0.1) is 6.10 Å². The maximum absolute atomic E-state index is 13.5. The van der Waals surface area contributed by atoms with Gasteiger partial charge in [0.15, 0.2) is 12.4 Å². The molecule has 7 atom stereocenters. The third-order valence-electron chi connectivity index (χ3n) is 12.9. The van der Waals surface area contributed by atoms with Gasteiger partial charge in [-0.25, -0.2) is 0 Å². The summed E-state index contributed by atoms with van der Waals surface area (Å²) >= 11 is 0. The number of fused-ring (bicyclic) bond motifs is 5. The van der Waals surface area contributed by atoms with Crippen LogP contribution in [-0.2, 0) is 19.1 Å². The van der Waals surface area contributed by atoms with Crippen LogP contribution in [0.15, 0.2) is 11.6 Å². The van der Waals surface area contributed by atoms with Crippen LogP contribution < -0.4 is 0 Å². The fourth-order valence-corrected chi connectivity index (χ4v) is 10.1. The Balaban J connectivity index is 1.12. The zero-order valence-electron chi connectivity index (χ0n) is 28.9. The van der Waals surface area contributed by atoms with E-state index in [1.807, 2.05) is 13.0 Å². The summed E-state index contributed by atoms with van der Waals surface area (Å²) in [5, 5.41) is 23.4. The molecular formula is C39H64O6. The zero-order valence-corrected chi connectivity index (χ0v) is 28.9. The molecule has 4 aliphatic rings. The number of aliphatic hydroxyl groups excluding tert-OH is 1. The number of carbonyl (C=O) groups excluding carboxylic acids is 3. The number of hydrogen-bond donors (Lipinski definition) is 2. The van der Waals surface area contributed by atoms with Crippen LogP contribution in [0.3, 0.4) is 0 Å². The van der Waals surface area contributed by atoms with Crippen LogP contribution in [0.25, 0.3) is 0 Å². The molecule has 4 aliphatic carbocycles. The van der Waals surface area contributed by atoms with Crippen LogP contribution in [0.2, 0.25) is 0 Å². The molecule has 0 aromatic carbocycles. The molecule has 4 rings (SSSR count). The summed E-state index contributed by atoms with van der Waals surface area (Å²) < 4.78 is 5.41. The van der Waals surface area contributed by atoms with Crippen LogP contribution in [0.5, 0.6) is 0 Å². The molecule has 0 amide bonds. The van der Waals surface area contributed by atoms with E-state index in [0.29, 0.717) is 25.7 Å². The Labute approximate surface area is 273 Å². The highest BCUT2D eigenvalue weighted by Gasteiger charge is 2.68. The summed E-state index contributed by atoms with van der Waals surface area (Å²) in [6, 6.07) is 0. The third-order valence-corrected chi connectivity index (χ3v) is 12.9. The summed E-state index contributed by atoms with van der Waals surface area (Å²) in [6.45, 7) is 6.05. The van der Waals surface area contributed by atoms with E-state index < -0.39 is 29.5 Å². The molecule has 3 fully saturated rings. The molecule has 6 nitrogen and oxygen atoms in total. The van der Waals surface area contributed by atoms with Gasteiger partial charge in [0, 0.05) is 18.3 Å². The molecule has 0 aliphatic heterocycles. The number of allylic oxidation sites excluding steroid dienone is 1. The molecule has 7 unspecified atom stereocenters. The molecule has 45 heavy (non-hydrogen) atoms. The van der Waals surface area contributed by atoms with E-state index in [4.69, 9.17) is 4.74 Å². The van der Waals surface area contributed by atoms with Gasteiger partial charge in [0.25, 0.3) is 0 Å². The van der Waals surface area contributed by atoms with Gasteiger partial charge < -0.3 is 14.9 Å². The fraction of sp³-hybridized carbons (Fsp3) is 0.872. The number of unbranched alkanes of at least 4 members (excludes halogenated alkanes) is 14. The smallest absolute Gasteiger partial charge is 0.306 e. The van der Waals surface area contributed by atoms with E-state index in [2.05, 4.69) is 13.8 Å². The predicted molar refractivity (Wildman–Crippen MR) is 179 cm³/mol. The van der Waals surface area contributed by atoms with Gasteiger partial charge in [-0.15, -0.1) is 0 Å². The minimum absolute atomic E-state index is 0.0360. The van der Waals surface area contributed by atoms with E-state index in [0.717, 1.165) is 44.9 Å². The lowest BCUT2D eigenvalue weighted by molar-refractivity contribution is -0.184. The van der Waals surface area contributed by atoms with Gasteiger partial charge in [0.2, 0.25) is 5.78 Å². The topological polar surface area (TPSA) is 101 Å². The number of rotatable bonds is 19. The SMILES string of the molecule is CCCCCCCCCCCCCCCCCC(=O)OCC(=O)C1(O)CCC2C3CCC4=CC(=O)CCC4(C)C3C(O)CC21C. The number of ketones is 2. The maximum Gasteiger partial charge on any atom is 0.306 e. The molecule has 2 N–H and O–H groups in total. The number of hydrogen-bond acceptors (Lipinski definition) is 6. The molecule has 6 heteroatoms. The Hall–Kier alpha value is -1.53. The summed E-state index contributed by atoms with van der Waals surface area (Å²) in [7, 11) is 0. The first-order chi connectivity index (χ1) is 21.6. The Morgan fingerprint density at radius 3 is 2.02 bits per heavy atom. The van der Waals surface area contributed by atoms with Crippen molar-refractivity contribution in [2.75, 3.05) is 6.61 Å². The van der Waals surface area contributed by atoms with Crippen LogP contribution in [0.4, 0.5) is 0 Å². The number of esters is 1. The van der Waals surface area contributed by atoms with E-state index >= 15 is 0 Å². The van der Waals surface area contributed by atoms with Crippen molar-refractivity contribution in [3.05, 3.63) is 11.6 Å². The number of carbonyl (C=O) groups is 3. The zero-order chi connectivity index (χ0) is 32.5. The van der Waals surface area contributed by atoms with Crippen molar-refractivity contribution in [3.8, 4) is 0 Å². The van der Waals surface area contributed by atoms with Crippen LogP contribution in [0.1, 0.15) is 168 Å². The van der Waals surface area contributed by atoms with Crippen molar-refractivity contribution in [1.29, 1.82) is 0 Å². The second-order valence-corrected chi connectivity index (χ2v) is 15.8. The van der Waals surface area contributed by atoms with Gasteiger partial charge >= 0.3 is 5.97 Å². The molecule has 0 aromatic heterocycles. The average molecular weight is 629 g/mol. The van der Waals surface area contributed by atoms with Crippen molar-refractivity contribution in [1.82, 2.24) is 0 Å². The Bertz CT molecular complexity index is 1030. The summed E-state index contributed by atoms with van der Waals surface area (Å²) in [5.41, 5.74) is -1.39. The molecule has 0 heterocycles. The summed E-state index contributed by atoms with van der Waals surface area (Å²) in [5.74, 6) is -0.249. The van der Waals surface area contributed by atoms with E-state index in [1.165, 1.54) is 82.6 Å². The van der Waals surface area contributed by atoms with E-state index in [-0.39, 0.29) is 34.9 Å². The van der Waals surface area contributed by atoms with E-state index in [9.17, 15) is 24.6 Å². The highest BCUT2D eigenvalue weighted by molar-refractivity contribution is 5.92. The lowest BCUT2D eigenvalue weighted by Gasteiger charge is -2.60. The number of aliphatic hydroxyl groups is 2. The highest BCUT2D eigenvalue weighted by Crippen LogP contribution is 2.67. The Morgan fingerprint density at radius 2 is 1.42 bits per heavy atom. The minimum atomic E-state index is -1.60. The molecule has 0 aromatic rings. The molecule has 0 saturated heterocycles. The molecule has 0 spiro atoms. The second-order valence-electron chi connectivity index (χ2n) is 15.8. The predicted octanol–water partition coefficient (Wildman–Crippen LogP) is 8.59. The van der Waals surface area contributed by atoms with Crippen molar-refractivity contribution in [2.24, 2.45) is 28.6 Å².